The first-order valence-corrected chi connectivity index (χ1v) is 6.91. The molecule has 0 saturated carbocycles. The van der Waals surface area contributed by atoms with Crippen molar-refractivity contribution in [3.8, 4) is 0 Å². The third-order valence-electron chi connectivity index (χ3n) is 2.50. The molecular formula is C13H13ClN2O2S. The van der Waals surface area contributed by atoms with Crippen molar-refractivity contribution in [2.75, 3.05) is 19.0 Å². The minimum Gasteiger partial charge on any atom is -0.465 e. The summed E-state index contributed by atoms with van der Waals surface area (Å²) in [5.74, 6) is -0.358. The number of hydrogen-bond acceptors (Lipinski definition) is 5. The predicted molar refractivity (Wildman–Crippen MR) is 77.1 cm³/mol. The smallest absolute Gasteiger partial charge is 0.349 e. The molecule has 1 heterocycles. The number of ether oxygens (including phenoxy) is 1. The lowest BCUT2D eigenvalue weighted by Gasteiger charge is -2.03. The highest BCUT2D eigenvalue weighted by atomic mass is 35.5. The Morgan fingerprint density at radius 3 is 2.84 bits per heavy atom. The predicted octanol–water partition coefficient (Wildman–Crippen LogP) is 3.24. The van der Waals surface area contributed by atoms with Gasteiger partial charge in [-0.3, -0.25) is 0 Å². The second kappa shape index (κ2) is 6.54. The molecule has 0 bridgehead atoms. The lowest BCUT2D eigenvalue weighted by molar-refractivity contribution is 0.0606. The van der Waals surface area contributed by atoms with E-state index in [-0.39, 0.29) is 5.97 Å². The Balaban J connectivity index is 1.84. The number of esters is 1. The molecule has 0 aliphatic heterocycles. The maximum Gasteiger partial charge on any atom is 0.349 e. The molecule has 0 atom stereocenters. The highest BCUT2D eigenvalue weighted by Crippen LogP contribution is 2.18. The number of benzene rings is 1. The lowest BCUT2D eigenvalue weighted by atomic mass is 10.1. The minimum atomic E-state index is -0.358. The first-order chi connectivity index (χ1) is 9.19. The van der Waals surface area contributed by atoms with Crippen LogP contribution in [0, 0.1) is 0 Å². The van der Waals surface area contributed by atoms with Crippen LogP contribution in [0.25, 0.3) is 0 Å². The number of carbonyl (C=O) groups excluding carboxylic acids is 1. The van der Waals surface area contributed by atoms with Crippen LogP contribution in [0.3, 0.4) is 0 Å². The molecule has 1 N–H and O–H groups in total. The van der Waals surface area contributed by atoms with Gasteiger partial charge in [0.1, 0.15) is 4.88 Å². The van der Waals surface area contributed by atoms with Crippen LogP contribution in [-0.4, -0.2) is 24.6 Å². The maximum atomic E-state index is 11.3. The highest BCUT2D eigenvalue weighted by Gasteiger charge is 2.09. The molecule has 0 aliphatic carbocycles. The number of halogens is 1. The molecule has 0 aliphatic rings. The Bertz CT molecular complexity index is 554. The number of carbonyl (C=O) groups is 1. The molecule has 19 heavy (non-hydrogen) atoms. The van der Waals surface area contributed by atoms with Gasteiger partial charge >= 0.3 is 5.97 Å². The summed E-state index contributed by atoms with van der Waals surface area (Å²) in [6.07, 6.45) is 2.38. The molecule has 4 nitrogen and oxygen atoms in total. The second-order valence-electron chi connectivity index (χ2n) is 3.82. The summed E-state index contributed by atoms with van der Waals surface area (Å²) in [5, 5.41) is 4.63. The van der Waals surface area contributed by atoms with Crippen molar-refractivity contribution in [3.05, 3.63) is 45.9 Å². The molecular weight excluding hydrogens is 284 g/mol. The molecule has 0 unspecified atom stereocenters. The molecule has 100 valence electrons. The minimum absolute atomic E-state index is 0.358. The molecule has 0 radical (unpaired) electrons. The first kappa shape index (κ1) is 13.8. The number of thiazole rings is 1. The molecule has 0 fully saturated rings. The van der Waals surface area contributed by atoms with E-state index in [9.17, 15) is 4.79 Å². The molecule has 0 amide bonds. The maximum absolute atomic E-state index is 11.3. The Labute approximate surface area is 120 Å². The van der Waals surface area contributed by atoms with Crippen molar-refractivity contribution in [2.45, 2.75) is 6.42 Å². The number of nitrogens with one attached hydrogen (secondary N) is 1. The van der Waals surface area contributed by atoms with Crippen molar-refractivity contribution < 1.29 is 9.53 Å². The van der Waals surface area contributed by atoms with Gasteiger partial charge in [0.05, 0.1) is 13.3 Å². The van der Waals surface area contributed by atoms with Gasteiger partial charge in [-0.15, -0.1) is 0 Å². The molecule has 1 aromatic heterocycles. The van der Waals surface area contributed by atoms with Gasteiger partial charge in [0.2, 0.25) is 0 Å². The van der Waals surface area contributed by atoms with Crippen LogP contribution < -0.4 is 5.32 Å². The van der Waals surface area contributed by atoms with E-state index in [0.29, 0.717) is 4.88 Å². The summed E-state index contributed by atoms with van der Waals surface area (Å²) in [7, 11) is 1.36. The zero-order valence-electron chi connectivity index (χ0n) is 10.4. The van der Waals surface area contributed by atoms with E-state index in [1.165, 1.54) is 30.2 Å². The van der Waals surface area contributed by atoms with Crippen molar-refractivity contribution >= 4 is 34.0 Å². The first-order valence-electron chi connectivity index (χ1n) is 5.71. The third-order valence-corrected chi connectivity index (χ3v) is 3.68. The zero-order chi connectivity index (χ0) is 13.7. The van der Waals surface area contributed by atoms with Gasteiger partial charge in [0.25, 0.3) is 0 Å². The molecule has 2 rings (SSSR count). The van der Waals surface area contributed by atoms with Gasteiger partial charge < -0.3 is 10.1 Å². The van der Waals surface area contributed by atoms with Crippen molar-refractivity contribution in [3.63, 3.8) is 0 Å². The number of methoxy groups -OCH3 is 1. The summed E-state index contributed by atoms with van der Waals surface area (Å²) in [4.78, 5) is 15.9. The quantitative estimate of drug-likeness (QED) is 0.861. The van der Waals surface area contributed by atoms with Gasteiger partial charge in [0.15, 0.2) is 5.13 Å². The van der Waals surface area contributed by atoms with Crippen LogP contribution in [0.2, 0.25) is 5.02 Å². The van der Waals surface area contributed by atoms with Crippen LogP contribution in [0.1, 0.15) is 15.2 Å². The summed E-state index contributed by atoms with van der Waals surface area (Å²) in [5.41, 5.74) is 1.20. The number of rotatable bonds is 5. The normalized spacial score (nSPS) is 10.2. The molecule has 6 heteroatoms. The largest absolute Gasteiger partial charge is 0.465 e. The van der Waals surface area contributed by atoms with Gasteiger partial charge in [-0.05, 0) is 24.1 Å². The Morgan fingerprint density at radius 1 is 1.42 bits per heavy atom. The lowest BCUT2D eigenvalue weighted by Crippen LogP contribution is -2.04. The van der Waals surface area contributed by atoms with Crippen LogP contribution in [0.5, 0.6) is 0 Å². The third kappa shape index (κ3) is 3.94. The van der Waals surface area contributed by atoms with Gasteiger partial charge in [-0.2, -0.15) is 0 Å². The van der Waals surface area contributed by atoms with Crippen LogP contribution in [0.15, 0.2) is 30.5 Å². The Morgan fingerprint density at radius 2 is 2.16 bits per heavy atom. The van der Waals surface area contributed by atoms with E-state index in [1.807, 2.05) is 24.3 Å². The van der Waals surface area contributed by atoms with E-state index in [0.717, 1.165) is 23.1 Å². The molecule has 0 saturated heterocycles. The van der Waals surface area contributed by atoms with E-state index >= 15 is 0 Å². The van der Waals surface area contributed by atoms with Gasteiger partial charge in [-0.25, -0.2) is 9.78 Å². The fourth-order valence-electron chi connectivity index (χ4n) is 1.52. The van der Waals surface area contributed by atoms with Crippen molar-refractivity contribution in [1.29, 1.82) is 0 Å². The molecule has 1 aromatic carbocycles. The summed E-state index contributed by atoms with van der Waals surface area (Å²) < 4.78 is 4.63. The van der Waals surface area contributed by atoms with Crippen molar-refractivity contribution in [1.82, 2.24) is 4.98 Å². The molecule has 0 spiro atoms. The SMILES string of the molecule is COC(=O)c1cnc(NCCc2ccc(Cl)cc2)s1. The summed E-state index contributed by atoms with van der Waals surface area (Å²) in [6.45, 7) is 0.746. The van der Waals surface area contributed by atoms with Gasteiger partial charge in [-0.1, -0.05) is 35.1 Å². The van der Waals surface area contributed by atoms with E-state index < -0.39 is 0 Å². The van der Waals surface area contributed by atoms with Crippen LogP contribution in [0.4, 0.5) is 5.13 Å². The standard InChI is InChI=1S/C13H13ClN2O2S/c1-18-12(17)11-8-16-13(19-11)15-7-6-9-2-4-10(14)5-3-9/h2-5,8H,6-7H2,1H3,(H,15,16). The van der Waals surface area contributed by atoms with Crippen molar-refractivity contribution in [2.24, 2.45) is 0 Å². The Hall–Kier alpha value is -1.59. The van der Waals surface area contributed by atoms with E-state index in [2.05, 4.69) is 15.0 Å². The average Bonchev–Trinajstić information content (AvgIpc) is 2.89. The monoisotopic (exact) mass is 296 g/mol. The fraction of sp³-hybridized carbons (Fsp3) is 0.231. The van der Waals surface area contributed by atoms with E-state index in [4.69, 9.17) is 11.6 Å². The number of aromatic nitrogens is 1. The van der Waals surface area contributed by atoms with Crippen LogP contribution in [-0.2, 0) is 11.2 Å². The van der Waals surface area contributed by atoms with E-state index in [1.54, 1.807) is 0 Å². The zero-order valence-corrected chi connectivity index (χ0v) is 11.9. The number of nitrogens with zero attached hydrogens (tertiary/aromatic N) is 1. The highest BCUT2D eigenvalue weighted by molar-refractivity contribution is 7.17. The summed E-state index contributed by atoms with van der Waals surface area (Å²) in [6, 6.07) is 7.72. The fourth-order valence-corrected chi connectivity index (χ4v) is 2.40. The molecule has 2 aromatic rings. The average molecular weight is 297 g/mol. The topological polar surface area (TPSA) is 51.2 Å². The summed E-state index contributed by atoms with van der Waals surface area (Å²) >= 11 is 7.11. The Kier molecular flexibility index (Phi) is 4.76. The van der Waals surface area contributed by atoms with Gasteiger partial charge in [0, 0.05) is 11.6 Å². The number of hydrogen-bond donors (Lipinski definition) is 1. The van der Waals surface area contributed by atoms with Crippen LogP contribution >= 0.6 is 22.9 Å². The second-order valence-corrected chi connectivity index (χ2v) is 5.29. The number of anilines is 1.